The third-order valence-electron chi connectivity index (χ3n) is 1.74. The van der Waals surface area contributed by atoms with Crippen LogP contribution in [0.4, 0.5) is 0 Å². The Balaban J connectivity index is -0.0000000662. The van der Waals surface area contributed by atoms with Gasteiger partial charge in [0.25, 0.3) is 0 Å². The first kappa shape index (κ1) is 34.1. The van der Waals surface area contributed by atoms with E-state index in [0.29, 0.717) is 11.8 Å². The normalized spacial score (nSPS) is 11.0. The summed E-state index contributed by atoms with van der Waals surface area (Å²) in [5.41, 5.74) is 0. The zero-order chi connectivity index (χ0) is 14.4. The summed E-state index contributed by atoms with van der Waals surface area (Å²) in [6.45, 7) is 8.63. The van der Waals surface area contributed by atoms with Gasteiger partial charge in [0.1, 0.15) is 0 Å². The Morgan fingerprint density at radius 3 is 1.67 bits per heavy atom. The molecule has 1 nitrogen and oxygen atoms in total. The molecule has 0 aromatic rings. The van der Waals surface area contributed by atoms with E-state index in [0.717, 1.165) is 18.7 Å². The van der Waals surface area contributed by atoms with Gasteiger partial charge in [-0.2, -0.15) is 6.08 Å². The van der Waals surface area contributed by atoms with Gasteiger partial charge in [0.2, 0.25) is 0 Å². The van der Waals surface area contributed by atoms with Crippen molar-refractivity contribution in [3.63, 3.8) is 0 Å². The molecule has 0 heterocycles. The molecule has 21 heavy (non-hydrogen) atoms. The van der Waals surface area contributed by atoms with E-state index < -0.39 is 8.15 Å². The first-order valence-corrected chi connectivity index (χ1v) is 12.1. The summed E-state index contributed by atoms with van der Waals surface area (Å²) in [4.78, 5) is 9.45. The summed E-state index contributed by atoms with van der Waals surface area (Å²) in [7, 11) is 9.05. The van der Waals surface area contributed by atoms with Crippen LogP contribution in [-0.2, 0) is 35.3 Å². The molecule has 0 spiro atoms. The molecule has 6 heteroatoms. The summed E-state index contributed by atoms with van der Waals surface area (Å²) in [5, 5.41) is 0. The van der Waals surface area contributed by atoms with Gasteiger partial charge < -0.3 is 19.7 Å². The average molecular weight is 622 g/mol. The van der Waals surface area contributed by atoms with Crippen molar-refractivity contribution in [2.75, 3.05) is 12.3 Å². The van der Waals surface area contributed by atoms with Crippen LogP contribution in [0.15, 0.2) is 18.2 Å². The zero-order valence-corrected chi connectivity index (χ0v) is 20.4. The van der Waals surface area contributed by atoms with E-state index >= 15 is 0 Å². The molecule has 0 atom stereocenters. The van der Waals surface area contributed by atoms with E-state index in [1.54, 1.807) is 0 Å². The Morgan fingerprint density at radius 2 is 1.52 bits per heavy atom. The average Bonchev–Trinajstić information content (AvgIpc) is 2.72. The summed E-state index contributed by atoms with van der Waals surface area (Å²) in [6.07, 6.45) is 12.0. The van der Waals surface area contributed by atoms with Crippen LogP contribution in [0, 0.1) is 32.8 Å². The zero-order valence-electron chi connectivity index (χ0n) is 13.8. The molecule has 0 radical (unpaired) electrons. The van der Waals surface area contributed by atoms with E-state index in [4.69, 9.17) is 19.4 Å². The second kappa shape index (κ2) is 26.6. The smallest absolute Gasteiger partial charge is 3.00 e. The standard InChI is InChI=1S/C8H19OP.C5H5.2CH3.2ClH.Ir.Ru/c1-7(2)5-10(9)6-8(3)4;1-2-4-5-3-1;;;;;;/h7-9H,5-6H2,1-4H3;1-3H,4H2;2*1H3;2*1H;;/q;3*-1;;;+3;+2/p-2. The number of hydrogen-bond donors (Lipinski definition) is 1. The summed E-state index contributed by atoms with van der Waals surface area (Å²) < 4.78 is 0. The Hall–Kier alpha value is 1.72. The van der Waals surface area contributed by atoms with Crippen LogP contribution in [0.1, 0.15) is 34.1 Å². The summed E-state index contributed by atoms with van der Waals surface area (Å²) in [6, 6.07) is 0. The van der Waals surface area contributed by atoms with Crippen molar-refractivity contribution in [1.29, 1.82) is 0 Å². The third kappa shape index (κ3) is 39.0. The van der Waals surface area contributed by atoms with Gasteiger partial charge in [0.05, 0.1) is 0 Å². The number of allylic oxidation sites excluding steroid dienone is 4. The maximum Gasteiger partial charge on any atom is 3.00 e. The van der Waals surface area contributed by atoms with Crippen LogP contribution in [0.25, 0.3) is 0 Å². The molecule has 1 aliphatic carbocycles. The first-order chi connectivity index (χ1) is 8.43. The van der Waals surface area contributed by atoms with E-state index in [2.05, 4.69) is 39.8 Å². The topological polar surface area (TPSA) is 20.2 Å². The van der Waals surface area contributed by atoms with Crippen LogP contribution in [-0.4, -0.2) is 17.2 Å². The van der Waals surface area contributed by atoms with Crippen LogP contribution in [0.2, 0.25) is 0 Å². The molecule has 1 N–H and O–H groups in total. The SMILES string of the molecule is CC(C)CP(O)CC(C)C.[C-]1=CC=CC1.[CH3-].[CH3-].[Cl][Ru][Cl].[Ir+3]. The van der Waals surface area contributed by atoms with Crippen LogP contribution in [0.5, 0.6) is 0 Å². The van der Waals surface area contributed by atoms with E-state index in [1.165, 1.54) is 0 Å². The number of rotatable bonds is 4. The maximum absolute atomic E-state index is 9.45. The van der Waals surface area contributed by atoms with Gasteiger partial charge in [-0.05, 0) is 24.2 Å². The van der Waals surface area contributed by atoms with Gasteiger partial charge in [-0.15, -0.1) is 6.42 Å². The largest absolute Gasteiger partial charge is 3.00 e. The molecule has 0 saturated heterocycles. The monoisotopic (exact) mass is 622 g/mol. The Bertz CT molecular complexity index is 208. The molecule has 0 aromatic heterocycles. The van der Waals surface area contributed by atoms with E-state index in [9.17, 15) is 4.89 Å². The molecule has 0 amide bonds. The minimum absolute atomic E-state index is 0. The van der Waals surface area contributed by atoms with Crippen molar-refractivity contribution in [3.05, 3.63) is 39.2 Å². The quantitative estimate of drug-likeness (QED) is 0.223. The van der Waals surface area contributed by atoms with Crippen molar-refractivity contribution >= 4 is 27.5 Å². The van der Waals surface area contributed by atoms with Crippen LogP contribution < -0.4 is 0 Å². The molecule has 0 aliphatic heterocycles. The fourth-order valence-corrected chi connectivity index (χ4v) is 3.09. The number of hydrogen-bond acceptors (Lipinski definition) is 1. The van der Waals surface area contributed by atoms with Gasteiger partial charge in [0, 0.05) is 8.15 Å². The Morgan fingerprint density at radius 1 is 1.14 bits per heavy atom. The van der Waals surface area contributed by atoms with Crippen LogP contribution >= 0.6 is 27.5 Å². The fourth-order valence-electron chi connectivity index (χ4n) is 1.26. The fraction of sp³-hybridized carbons (Fsp3) is 0.600. The summed E-state index contributed by atoms with van der Waals surface area (Å²) >= 11 is -0.346. The van der Waals surface area contributed by atoms with Gasteiger partial charge in [0.15, 0.2) is 0 Å². The Kier molecular flexibility index (Phi) is 43.3. The van der Waals surface area contributed by atoms with Crippen molar-refractivity contribution < 1.29 is 40.1 Å². The van der Waals surface area contributed by atoms with Crippen molar-refractivity contribution in [2.24, 2.45) is 11.8 Å². The predicted molar refractivity (Wildman–Crippen MR) is 94.7 cm³/mol. The minimum atomic E-state index is -0.659. The number of halogens is 2. The van der Waals surface area contributed by atoms with Gasteiger partial charge in [-0.25, -0.2) is 12.2 Å². The second-order valence-corrected chi connectivity index (χ2v) is 9.09. The van der Waals surface area contributed by atoms with Crippen LogP contribution in [0.3, 0.4) is 0 Å². The molecule has 0 saturated carbocycles. The van der Waals surface area contributed by atoms with Gasteiger partial charge >= 0.3 is 54.6 Å². The molecule has 132 valence electrons. The molecule has 0 unspecified atom stereocenters. The third-order valence-corrected chi connectivity index (χ3v) is 4.04. The molecule has 0 aromatic carbocycles. The Labute approximate surface area is 164 Å². The second-order valence-electron chi connectivity index (χ2n) is 4.71. The summed E-state index contributed by atoms with van der Waals surface area (Å²) in [5.74, 6) is 1.30. The van der Waals surface area contributed by atoms with Crippen molar-refractivity contribution in [1.82, 2.24) is 0 Å². The molecular formula is C15H30Cl2IrOPRu. The van der Waals surface area contributed by atoms with Crippen molar-refractivity contribution in [2.45, 2.75) is 34.1 Å². The molecule has 1 rings (SSSR count). The predicted octanol–water partition coefficient (Wildman–Crippen LogP) is 6.27. The van der Waals surface area contributed by atoms with E-state index in [-0.39, 0.29) is 50.1 Å². The molecule has 1 aliphatic rings. The maximum atomic E-state index is 9.45. The molecular weight excluding hydrogens is 591 g/mol. The molecule has 0 bridgehead atoms. The minimum Gasteiger partial charge on any atom is 3.00 e. The molecule has 0 fully saturated rings. The van der Waals surface area contributed by atoms with Gasteiger partial charge in [-0.3, -0.25) is 6.08 Å². The van der Waals surface area contributed by atoms with E-state index in [1.807, 2.05) is 12.2 Å². The van der Waals surface area contributed by atoms with Gasteiger partial charge in [-0.1, -0.05) is 27.7 Å². The van der Waals surface area contributed by atoms with Crippen molar-refractivity contribution in [3.8, 4) is 0 Å². The first-order valence-electron chi connectivity index (χ1n) is 5.94.